The van der Waals surface area contributed by atoms with Crippen LogP contribution in [0.25, 0.3) is 0 Å². The van der Waals surface area contributed by atoms with Crippen molar-refractivity contribution >= 4 is 17.3 Å². The Kier molecular flexibility index (Phi) is 4.05. The van der Waals surface area contributed by atoms with Crippen molar-refractivity contribution in [3.05, 3.63) is 28.8 Å². The molecule has 0 radical (unpaired) electrons. The Labute approximate surface area is 96.8 Å². The van der Waals surface area contributed by atoms with Crippen LogP contribution in [0.1, 0.15) is 5.56 Å². The Hall–Kier alpha value is -1.38. The summed E-state index contributed by atoms with van der Waals surface area (Å²) in [5, 5.41) is 11.6. The van der Waals surface area contributed by atoms with Gasteiger partial charge in [0.15, 0.2) is 0 Å². The first-order chi connectivity index (χ1) is 7.48. The zero-order valence-electron chi connectivity index (χ0n) is 8.30. The first-order valence-corrected chi connectivity index (χ1v) is 4.88. The molecule has 16 heavy (non-hydrogen) atoms. The molecule has 0 unspecified atom stereocenters. The molecule has 6 heteroatoms. The SMILES string of the molecule is N#Cc1cc(Cl)ccc1NCC(F)(F)CN. The van der Waals surface area contributed by atoms with E-state index in [2.05, 4.69) is 5.32 Å². The Morgan fingerprint density at radius 1 is 1.50 bits per heavy atom. The van der Waals surface area contributed by atoms with Crippen LogP contribution in [0, 0.1) is 11.3 Å². The summed E-state index contributed by atoms with van der Waals surface area (Å²) in [7, 11) is 0. The smallest absolute Gasteiger partial charge is 0.276 e. The molecule has 0 saturated heterocycles. The molecule has 0 heterocycles. The molecule has 0 amide bonds. The molecular weight excluding hydrogens is 236 g/mol. The molecule has 0 aromatic heterocycles. The third-order valence-electron chi connectivity index (χ3n) is 1.94. The Morgan fingerprint density at radius 3 is 2.75 bits per heavy atom. The van der Waals surface area contributed by atoms with Gasteiger partial charge >= 0.3 is 0 Å². The van der Waals surface area contributed by atoms with Gasteiger partial charge in [-0.1, -0.05) is 11.6 Å². The van der Waals surface area contributed by atoms with Gasteiger partial charge in [0.1, 0.15) is 6.07 Å². The van der Waals surface area contributed by atoms with Crippen molar-refractivity contribution in [2.24, 2.45) is 5.73 Å². The fourth-order valence-electron chi connectivity index (χ4n) is 1.06. The molecule has 3 nitrogen and oxygen atoms in total. The number of nitrogens with zero attached hydrogens (tertiary/aromatic N) is 1. The second kappa shape index (κ2) is 5.10. The van der Waals surface area contributed by atoms with Gasteiger partial charge in [-0.05, 0) is 18.2 Å². The number of hydrogen-bond acceptors (Lipinski definition) is 3. The van der Waals surface area contributed by atoms with E-state index < -0.39 is 19.0 Å². The molecule has 0 aliphatic carbocycles. The zero-order chi connectivity index (χ0) is 12.2. The number of benzene rings is 1. The van der Waals surface area contributed by atoms with E-state index in [0.29, 0.717) is 10.7 Å². The summed E-state index contributed by atoms with van der Waals surface area (Å²) in [5.41, 5.74) is 5.43. The van der Waals surface area contributed by atoms with Gasteiger partial charge in [-0.2, -0.15) is 5.26 Å². The lowest BCUT2D eigenvalue weighted by Crippen LogP contribution is -2.35. The molecule has 1 aromatic rings. The maximum Gasteiger partial charge on any atom is 0.276 e. The maximum atomic E-state index is 12.9. The first kappa shape index (κ1) is 12.7. The van der Waals surface area contributed by atoms with Crippen LogP contribution in [-0.4, -0.2) is 19.0 Å². The van der Waals surface area contributed by atoms with E-state index >= 15 is 0 Å². The molecular formula is C10H10ClF2N3. The van der Waals surface area contributed by atoms with E-state index in [1.807, 2.05) is 6.07 Å². The Morgan fingerprint density at radius 2 is 2.19 bits per heavy atom. The number of halogens is 3. The number of alkyl halides is 2. The van der Waals surface area contributed by atoms with Gasteiger partial charge in [-0.15, -0.1) is 0 Å². The lowest BCUT2D eigenvalue weighted by Gasteiger charge is -2.16. The van der Waals surface area contributed by atoms with Gasteiger partial charge in [0.05, 0.1) is 24.3 Å². The highest BCUT2D eigenvalue weighted by Crippen LogP contribution is 2.21. The molecule has 0 aliphatic heterocycles. The number of nitrogens with one attached hydrogen (secondary N) is 1. The standard InChI is InChI=1S/C10H10ClF2N3/c11-8-1-2-9(7(3-8)4-14)16-6-10(12,13)5-15/h1-3,16H,5-6,15H2. The number of nitrogens with two attached hydrogens (primary N) is 1. The minimum absolute atomic E-state index is 0.223. The van der Waals surface area contributed by atoms with Gasteiger partial charge < -0.3 is 11.1 Å². The summed E-state index contributed by atoms with van der Waals surface area (Å²) in [6.07, 6.45) is 0. The van der Waals surface area contributed by atoms with E-state index in [1.165, 1.54) is 18.2 Å². The van der Waals surface area contributed by atoms with Gasteiger partial charge in [0, 0.05) is 5.02 Å². The summed E-state index contributed by atoms with van der Waals surface area (Å²) in [4.78, 5) is 0. The predicted octanol–water partition coefficient (Wildman–Crippen LogP) is 2.22. The van der Waals surface area contributed by atoms with Crippen LogP contribution in [0.2, 0.25) is 5.02 Å². The van der Waals surface area contributed by atoms with Gasteiger partial charge in [-0.3, -0.25) is 0 Å². The highest BCUT2D eigenvalue weighted by atomic mass is 35.5. The minimum Gasteiger partial charge on any atom is -0.378 e. The molecule has 1 aromatic carbocycles. The monoisotopic (exact) mass is 245 g/mol. The van der Waals surface area contributed by atoms with Crippen molar-refractivity contribution in [2.75, 3.05) is 18.4 Å². The third kappa shape index (κ3) is 3.33. The summed E-state index contributed by atoms with van der Waals surface area (Å²) in [6, 6.07) is 6.27. The topological polar surface area (TPSA) is 61.8 Å². The second-order valence-corrected chi connectivity index (χ2v) is 3.65. The number of anilines is 1. The molecule has 0 spiro atoms. The van der Waals surface area contributed by atoms with Crippen molar-refractivity contribution in [1.29, 1.82) is 5.26 Å². The molecule has 0 saturated carbocycles. The fourth-order valence-corrected chi connectivity index (χ4v) is 1.23. The van der Waals surface area contributed by atoms with Crippen molar-refractivity contribution < 1.29 is 8.78 Å². The molecule has 0 atom stereocenters. The zero-order valence-corrected chi connectivity index (χ0v) is 9.06. The van der Waals surface area contributed by atoms with Crippen molar-refractivity contribution in [1.82, 2.24) is 0 Å². The summed E-state index contributed by atoms with van der Waals surface area (Å²) >= 11 is 5.67. The van der Waals surface area contributed by atoms with Crippen molar-refractivity contribution in [2.45, 2.75) is 5.92 Å². The third-order valence-corrected chi connectivity index (χ3v) is 2.17. The normalized spacial score (nSPS) is 10.9. The molecule has 0 bridgehead atoms. The van der Waals surface area contributed by atoms with E-state index in [9.17, 15) is 8.78 Å². The largest absolute Gasteiger partial charge is 0.378 e. The molecule has 86 valence electrons. The van der Waals surface area contributed by atoms with Gasteiger partial charge in [0.25, 0.3) is 5.92 Å². The lowest BCUT2D eigenvalue weighted by molar-refractivity contribution is 0.0254. The number of nitriles is 1. The second-order valence-electron chi connectivity index (χ2n) is 3.22. The van der Waals surface area contributed by atoms with E-state index in [4.69, 9.17) is 22.6 Å². The lowest BCUT2D eigenvalue weighted by atomic mass is 10.2. The van der Waals surface area contributed by atoms with Crippen molar-refractivity contribution in [3.63, 3.8) is 0 Å². The number of hydrogen-bond donors (Lipinski definition) is 2. The molecule has 0 aliphatic rings. The Bertz CT molecular complexity index is 415. The van der Waals surface area contributed by atoms with Crippen LogP contribution in [0.3, 0.4) is 0 Å². The van der Waals surface area contributed by atoms with Crippen LogP contribution >= 0.6 is 11.6 Å². The Balaban J connectivity index is 2.79. The highest BCUT2D eigenvalue weighted by molar-refractivity contribution is 6.30. The molecule has 1 rings (SSSR count). The first-order valence-electron chi connectivity index (χ1n) is 4.50. The molecule has 0 fully saturated rings. The summed E-state index contributed by atoms with van der Waals surface area (Å²) in [6.45, 7) is -1.35. The van der Waals surface area contributed by atoms with Gasteiger partial charge in [-0.25, -0.2) is 8.78 Å². The van der Waals surface area contributed by atoms with E-state index in [0.717, 1.165) is 0 Å². The fraction of sp³-hybridized carbons (Fsp3) is 0.300. The quantitative estimate of drug-likeness (QED) is 0.855. The minimum atomic E-state index is -2.99. The van der Waals surface area contributed by atoms with Crippen LogP contribution in [-0.2, 0) is 0 Å². The van der Waals surface area contributed by atoms with Crippen molar-refractivity contribution in [3.8, 4) is 6.07 Å². The molecule has 3 N–H and O–H groups in total. The van der Waals surface area contributed by atoms with Crippen LogP contribution in [0.4, 0.5) is 14.5 Å². The average Bonchev–Trinajstić information content (AvgIpc) is 2.27. The summed E-state index contributed by atoms with van der Waals surface area (Å²) in [5.74, 6) is -2.99. The maximum absolute atomic E-state index is 12.9. The predicted molar refractivity (Wildman–Crippen MR) is 58.7 cm³/mol. The highest BCUT2D eigenvalue weighted by Gasteiger charge is 2.26. The van der Waals surface area contributed by atoms with Gasteiger partial charge in [0.2, 0.25) is 0 Å². The summed E-state index contributed by atoms with van der Waals surface area (Å²) < 4.78 is 25.7. The van der Waals surface area contributed by atoms with E-state index in [-0.39, 0.29) is 5.56 Å². The average molecular weight is 246 g/mol. The van der Waals surface area contributed by atoms with Crippen LogP contribution < -0.4 is 11.1 Å². The van der Waals surface area contributed by atoms with Crippen LogP contribution in [0.15, 0.2) is 18.2 Å². The number of rotatable bonds is 4. The van der Waals surface area contributed by atoms with E-state index in [1.54, 1.807) is 0 Å². The van der Waals surface area contributed by atoms with Crippen LogP contribution in [0.5, 0.6) is 0 Å².